The van der Waals surface area contributed by atoms with E-state index in [4.69, 9.17) is 16.3 Å². The van der Waals surface area contributed by atoms with Gasteiger partial charge in [0.1, 0.15) is 6.61 Å². The lowest BCUT2D eigenvalue weighted by atomic mass is 10.1. The fourth-order valence-electron chi connectivity index (χ4n) is 2.68. The Morgan fingerprint density at radius 2 is 1.77 bits per heavy atom. The number of rotatable bonds is 4. The Hall–Kier alpha value is -2.44. The molecule has 0 spiro atoms. The number of ether oxygens (including phenoxy) is 1. The van der Waals surface area contributed by atoms with Crippen LogP contribution in [0.15, 0.2) is 53.4 Å². The predicted octanol–water partition coefficient (Wildman–Crippen LogP) is 3.96. The molecular formula is C19H16ClNO4S. The molecule has 3 aromatic rings. The molecule has 0 N–H and O–H groups in total. The molecule has 0 aliphatic heterocycles. The van der Waals surface area contributed by atoms with E-state index in [1.54, 1.807) is 12.1 Å². The van der Waals surface area contributed by atoms with Crippen LogP contribution in [0.3, 0.4) is 0 Å². The molecule has 3 rings (SSSR count). The number of benzene rings is 2. The van der Waals surface area contributed by atoms with Gasteiger partial charge in [0.2, 0.25) is 0 Å². The van der Waals surface area contributed by atoms with Gasteiger partial charge in [0, 0.05) is 11.6 Å². The Bertz CT molecular complexity index is 1110. The van der Waals surface area contributed by atoms with E-state index in [1.165, 1.54) is 12.1 Å². The number of aryl methyl sites for hydroxylation is 1. The number of nitrogens with zero attached hydrogens (tertiary/aromatic N) is 1. The monoisotopic (exact) mass is 389 g/mol. The quantitative estimate of drug-likeness (QED) is 0.631. The molecular weight excluding hydrogens is 374 g/mol. The molecule has 0 aliphatic rings. The summed E-state index contributed by atoms with van der Waals surface area (Å²) in [6.07, 6.45) is 1.05. The standard InChI is InChI=1S/C19H16ClNO4S/c1-12-13-7-3-5-9-15(13)21-16(18(12)20)11-25-19(22)14-8-4-6-10-17(14)26(2,23)24/h3-10H,11H2,1-2H3. The number of hydrogen-bond donors (Lipinski definition) is 0. The van der Waals surface area contributed by atoms with Crippen LogP contribution in [0, 0.1) is 6.92 Å². The highest BCUT2D eigenvalue weighted by Gasteiger charge is 2.20. The van der Waals surface area contributed by atoms with Crippen molar-refractivity contribution in [3.63, 3.8) is 0 Å². The summed E-state index contributed by atoms with van der Waals surface area (Å²) in [4.78, 5) is 16.8. The Kier molecular flexibility index (Phi) is 4.98. The first-order valence-corrected chi connectivity index (χ1v) is 10.1. The van der Waals surface area contributed by atoms with Crippen LogP contribution in [0.2, 0.25) is 5.02 Å². The van der Waals surface area contributed by atoms with E-state index < -0.39 is 15.8 Å². The van der Waals surface area contributed by atoms with Gasteiger partial charge in [0.05, 0.1) is 26.7 Å². The van der Waals surface area contributed by atoms with E-state index in [0.717, 1.165) is 22.7 Å². The molecule has 0 atom stereocenters. The highest BCUT2D eigenvalue weighted by molar-refractivity contribution is 7.90. The lowest BCUT2D eigenvalue weighted by molar-refractivity contribution is 0.0463. The van der Waals surface area contributed by atoms with Gasteiger partial charge in [-0.15, -0.1) is 0 Å². The zero-order chi connectivity index (χ0) is 18.9. The van der Waals surface area contributed by atoms with E-state index in [0.29, 0.717) is 10.7 Å². The van der Waals surface area contributed by atoms with Gasteiger partial charge in [-0.05, 0) is 30.7 Å². The van der Waals surface area contributed by atoms with Crippen LogP contribution in [0.5, 0.6) is 0 Å². The Labute approximate surface area is 156 Å². The van der Waals surface area contributed by atoms with E-state index in [9.17, 15) is 13.2 Å². The summed E-state index contributed by atoms with van der Waals surface area (Å²) in [6, 6.07) is 13.5. The Morgan fingerprint density at radius 3 is 2.50 bits per heavy atom. The minimum atomic E-state index is -3.55. The number of halogens is 1. The molecule has 5 nitrogen and oxygen atoms in total. The van der Waals surface area contributed by atoms with Gasteiger partial charge in [-0.2, -0.15) is 0 Å². The van der Waals surface area contributed by atoms with Crippen LogP contribution in [-0.2, 0) is 21.2 Å². The number of carbonyl (C=O) groups excluding carboxylic acids is 1. The summed E-state index contributed by atoms with van der Waals surface area (Å²) in [7, 11) is -3.55. The molecule has 1 heterocycles. The number of para-hydroxylation sites is 1. The van der Waals surface area contributed by atoms with Gasteiger partial charge < -0.3 is 4.74 Å². The first-order valence-electron chi connectivity index (χ1n) is 7.79. The topological polar surface area (TPSA) is 73.3 Å². The molecule has 0 unspecified atom stereocenters. The van der Waals surface area contributed by atoms with E-state index in [1.807, 2.05) is 31.2 Å². The van der Waals surface area contributed by atoms with Crippen molar-refractivity contribution >= 4 is 38.3 Å². The molecule has 0 saturated heterocycles. The van der Waals surface area contributed by atoms with E-state index in [-0.39, 0.29) is 17.1 Å². The van der Waals surface area contributed by atoms with E-state index >= 15 is 0 Å². The molecule has 0 bridgehead atoms. The number of aromatic nitrogens is 1. The van der Waals surface area contributed by atoms with Crippen molar-refractivity contribution in [2.45, 2.75) is 18.4 Å². The van der Waals surface area contributed by atoms with Gasteiger partial charge >= 0.3 is 5.97 Å². The maximum absolute atomic E-state index is 12.4. The van der Waals surface area contributed by atoms with Crippen LogP contribution in [0.4, 0.5) is 0 Å². The summed E-state index contributed by atoms with van der Waals surface area (Å²) in [5.74, 6) is -0.741. The second-order valence-corrected chi connectivity index (χ2v) is 8.22. The Balaban J connectivity index is 1.90. The summed E-state index contributed by atoms with van der Waals surface area (Å²) in [5.41, 5.74) is 2.01. The first kappa shape index (κ1) is 18.4. The average Bonchev–Trinajstić information content (AvgIpc) is 2.62. The molecule has 1 aromatic heterocycles. The first-order chi connectivity index (χ1) is 12.3. The van der Waals surface area contributed by atoms with Gasteiger partial charge in [-0.25, -0.2) is 18.2 Å². The predicted molar refractivity (Wildman–Crippen MR) is 100 cm³/mol. The lowest BCUT2D eigenvalue weighted by Crippen LogP contribution is -2.12. The number of pyridine rings is 1. The number of esters is 1. The molecule has 0 saturated carbocycles. The van der Waals surface area contributed by atoms with Gasteiger partial charge in [-0.1, -0.05) is 41.9 Å². The minimum Gasteiger partial charge on any atom is -0.455 e. The third-order valence-electron chi connectivity index (χ3n) is 3.99. The molecule has 0 fully saturated rings. The lowest BCUT2D eigenvalue weighted by Gasteiger charge is -2.11. The largest absolute Gasteiger partial charge is 0.455 e. The summed E-state index contributed by atoms with van der Waals surface area (Å²) in [5, 5.41) is 1.35. The van der Waals surface area contributed by atoms with Gasteiger partial charge in [0.25, 0.3) is 0 Å². The second-order valence-electron chi connectivity index (χ2n) is 5.86. The van der Waals surface area contributed by atoms with Gasteiger partial charge in [-0.3, -0.25) is 0 Å². The normalized spacial score (nSPS) is 11.5. The number of sulfone groups is 1. The molecule has 7 heteroatoms. The third kappa shape index (κ3) is 3.57. The van der Waals surface area contributed by atoms with Gasteiger partial charge in [0.15, 0.2) is 9.84 Å². The van der Waals surface area contributed by atoms with Crippen LogP contribution in [0.25, 0.3) is 10.9 Å². The molecule has 2 aromatic carbocycles. The molecule has 26 heavy (non-hydrogen) atoms. The zero-order valence-corrected chi connectivity index (χ0v) is 15.8. The fraction of sp³-hybridized carbons (Fsp3) is 0.158. The SMILES string of the molecule is Cc1c(Cl)c(COC(=O)c2ccccc2S(C)(=O)=O)nc2ccccc12. The average molecular weight is 390 g/mol. The molecule has 134 valence electrons. The smallest absolute Gasteiger partial charge is 0.339 e. The van der Waals surface area contributed by atoms with Crippen LogP contribution >= 0.6 is 11.6 Å². The molecule has 0 radical (unpaired) electrons. The highest BCUT2D eigenvalue weighted by Crippen LogP contribution is 2.27. The van der Waals surface area contributed by atoms with Crippen molar-refractivity contribution in [2.24, 2.45) is 0 Å². The highest BCUT2D eigenvalue weighted by atomic mass is 35.5. The van der Waals surface area contributed by atoms with Crippen molar-refractivity contribution in [2.75, 3.05) is 6.26 Å². The zero-order valence-electron chi connectivity index (χ0n) is 14.2. The molecule has 0 aliphatic carbocycles. The van der Waals surface area contributed by atoms with Crippen molar-refractivity contribution in [1.29, 1.82) is 0 Å². The number of fused-ring (bicyclic) bond motifs is 1. The van der Waals surface area contributed by atoms with Crippen LogP contribution in [0.1, 0.15) is 21.6 Å². The maximum atomic E-state index is 12.4. The summed E-state index contributed by atoms with van der Waals surface area (Å²) in [6.45, 7) is 1.72. The van der Waals surface area contributed by atoms with Crippen molar-refractivity contribution < 1.29 is 17.9 Å². The van der Waals surface area contributed by atoms with E-state index in [2.05, 4.69) is 4.98 Å². The number of hydrogen-bond acceptors (Lipinski definition) is 5. The number of carbonyl (C=O) groups is 1. The van der Waals surface area contributed by atoms with Crippen molar-refractivity contribution in [1.82, 2.24) is 4.98 Å². The molecule has 0 amide bonds. The van der Waals surface area contributed by atoms with Crippen molar-refractivity contribution in [3.05, 3.63) is 70.4 Å². The van der Waals surface area contributed by atoms with Crippen molar-refractivity contribution in [3.8, 4) is 0 Å². The second kappa shape index (κ2) is 7.05. The minimum absolute atomic E-state index is 0.0105. The fourth-order valence-corrected chi connectivity index (χ4v) is 3.76. The van der Waals surface area contributed by atoms with Crippen LogP contribution in [-0.4, -0.2) is 25.6 Å². The summed E-state index contributed by atoms with van der Waals surface area (Å²) >= 11 is 6.36. The van der Waals surface area contributed by atoms with Crippen LogP contribution < -0.4 is 0 Å². The third-order valence-corrected chi connectivity index (χ3v) is 5.65. The maximum Gasteiger partial charge on any atom is 0.339 e. The summed E-state index contributed by atoms with van der Waals surface area (Å²) < 4.78 is 29.0. The Morgan fingerprint density at radius 1 is 1.12 bits per heavy atom.